The predicted octanol–water partition coefficient (Wildman–Crippen LogP) is 3.53. The van der Waals surface area contributed by atoms with E-state index in [1.165, 1.54) is 0 Å². The maximum absolute atomic E-state index is 6.18. The Hall–Kier alpha value is -0.230. The molecule has 0 rings (SSSR count). The van der Waals surface area contributed by atoms with E-state index in [0.717, 1.165) is 19.3 Å². The van der Waals surface area contributed by atoms with Gasteiger partial charge in [-0.3, -0.25) is 0 Å². The molecule has 0 bridgehead atoms. The highest BCUT2D eigenvalue weighted by atomic mass is 35.5. The highest BCUT2D eigenvalue weighted by molar-refractivity contribution is 6.24. The van der Waals surface area contributed by atoms with Gasteiger partial charge in [-0.05, 0) is 19.3 Å². The molecule has 0 aromatic carbocycles. The summed E-state index contributed by atoms with van der Waals surface area (Å²) in [5.74, 6) is 0. The number of rotatable bonds is 5. The van der Waals surface area contributed by atoms with Crippen LogP contribution >= 0.6 is 11.6 Å². The van der Waals surface area contributed by atoms with Gasteiger partial charge in [0.15, 0.2) is 0 Å². The zero-order valence-corrected chi connectivity index (χ0v) is 7.32. The molecule has 0 unspecified atom stereocenters. The van der Waals surface area contributed by atoms with Gasteiger partial charge in [0.25, 0.3) is 0 Å². The average Bonchev–Trinajstić information content (AvgIpc) is 1.89. The minimum atomic E-state index is -0.122. The van der Waals surface area contributed by atoms with E-state index in [1.807, 2.05) is 12.2 Å². The normalized spacial score (nSPS) is 11.0. The van der Waals surface area contributed by atoms with Crippen molar-refractivity contribution in [3.63, 3.8) is 0 Å². The van der Waals surface area contributed by atoms with Crippen LogP contribution in [0.15, 0.2) is 25.3 Å². The van der Waals surface area contributed by atoms with Crippen molar-refractivity contribution in [1.82, 2.24) is 0 Å². The number of hydrogen-bond donors (Lipinski definition) is 0. The first kappa shape index (κ1) is 9.77. The summed E-state index contributed by atoms with van der Waals surface area (Å²) in [5, 5.41) is 0. The molecule has 0 saturated heterocycles. The minimum absolute atomic E-state index is 0.122. The number of allylic oxidation sites excluding steroid dienone is 2. The molecule has 0 radical (unpaired) electrons. The molecule has 0 aromatic heterocycles. The Labute approximate surface area is 68.6 Å². The van der Waals surface area contributed by atoms with Crippen LogP contribution in [0.1, 0.15) is 26.2 Å². The molecule has 0 aromatic rings. The Morgan fingerprint density at radius 3 is 1.90 bits per heavy atom. The first-order valence-electron chi connectivity index (χ1n) is 3.59. The van der Waals surface area contributed by atoms with Crippen LogP contribution in [-0.4, -0.2) is 4.87 Å². The number of halogens is 1. The van der Waals surface area contributed by atoms with E-state index in [9.17, 15) is 0 Å². The molecule has 0 saturated carbocycles. The van der Waals surface area contributed by atoms with Gasteiger partial charge in [-0.25, -0.2) is 0 Å². The number of hydrogen-bond acceptors (Lipinski definition) is 0. The Morgan fingerprint density at radius 2 is 1.70 bits per heavy atom. The zero-order chi connectivity index (χ0) is 8.04. The molecule has 58 valence electrons. The largest absolute Gasteiger partial charge is 0.119 e. The van der Waals surface area contributed by atoms with Crippen molar-refractivity contribution in [3.05, 3.63) is 25.3 Å². The highest BCUT2D eigenvalue weighted by Crippen LogP contribution is 2.28. The zero-order valence-electron chi connectivity index (χ0n) is 6.57. The lowest BCUT2D eigenvalue weighted by Gasteiger charge is -2.21. The van der Waals surface area contributed by atoms with Gasteiger partial charge in [0.1, 0.15) is 0 Å². The topological polar surface area (TPSA) is 0 Å². The summed E-state index contributed by atoms with van der Waals surface area (Å²) in [4.78, 5) is -0.122. The van der Waals surface area contributed by atoms with Gasteiger partial charge in [-0.2, -0.15) is 0 Å². The molecular weight excluding hydrogens is 144 g/mol. The van der Waals surface area contributed by atoms with Crippen LogP contribution in [0.4, 0.5) is 0 Å². The second kappa shape index (κ2) is 4.56. The van der Waals surface area contributed by atoms with Crippen LogP contribution in [0.3, 0.4) is 0 Å². The fraction of sp³-hybridized carbons (Fsp3) is 0.556. The van der Waals surface area contributed by atoms with Crippen LogP contribution in [0.2, 0.25) is 0 Å². The lowest BCUT2D eigenvalue weighted by atomic mass is 9.97. The van der Waals surface area contributed by atoms with E-state index in [0.29, 0.717) is 0 Å². The second-order valence-corrected chi connectivity index (χ2v) is 3.29. The van der Waals surface area contributed by atoms with Crippen LogP contribution in [0.5, 0.6) is 0 Å². The van der Waals surface area contributed by atoms with Crippen molar-refractivity contribution in [2.75, 3.05) is 0 Å². The molecule has 0 spiro atoms. The van der Waals surface area contributed by atoms with Crippen molar-refractivity contribution in [2.45, 2.75) is 31.1 Å². The van der Waals surface area contributed by atoms with Crippen molar-refractivity contribution >= 4 is 11.6 Å². The SMILES string of the molecule is C=CCC(Cl)(CC)CC=C. The third kappa shape index (κ3) is 3.07. The summed E-state index contributed by atoms with van der Waals surface area (Å²) in [6.45, 7) is 9.40. The van der Waals surface area contributed by atoms with E-state index in [4.69, 9.17) is 11.6 Å². The van der Waals surface area contributed by atoms with Gasteiger partial charge < -0.3 is 0 Å². The monoisotopic (exact) mass is 158 g/mol. The van der Waals surface area contributed by atoms with Gasteiger partial charge in [0, 0.05) is 0 Å². The maximum Gasteiger partial charge on any atom is 0.0512 e. The fourth-order valence-corrected chi connectivity index (χ4v) is 1.11. The Kier molecular flexibility index (Phi) is 4.46. The second-order valence-electron chi connectivity index (χ2n) is 2.49. The van der Waals surface area contributed by atoms with E-state index in [2.05, 4.69) is 20.1 Å². The van der Waals surface area contributed by atoms with Gasteiger partial charge in [-0.15, -0.1) is 24.8 Å². The third-order valence-corrected chi connectivity index (χ3v) is 2.23. The molecule has 1 heteroatoms. The summed E-state index contributed by atoms with van der Waals surface area (Å²) >= 11 is 6.18. The molecule has 10 heavy (non-hydrogen) atoms. The van der Waals surface area contributed by atoms with Crippen molar-refractivity contribution < 1.29 is 0 Å². The first-order valence-corrected chi connectivity index (χ1v) is 3.97. The van der Waals surface area contributed by atoms with E-state index >= 15 is 0 Å². The van der Waals surface area contributed by atoms with E-state index in [1.54, 1.807) is 0 Å². The van der Waals surface area contributed by atoms with Crippen molar-refractivity contribution in [3.8, 4) is 0 Å². The van der Waals surface area contributed by atoms with Crippen LogP contribution < -0.4 is 0 Å². The van der Waals surface area contributed by atoms with Crippen molar-refractivity contribution in [2.24, 2.45) is 0 Å². The smallest absolute Gasteiger partial charge is 0.0512 e. The molecule has 0 heterocycles. The molecule has 0 aliphatic heterocycles. The first-order chi connectivity index (χ1) is 4.68. The fourth-order valence-electron chi connectivity index (χ4n) is 0.889. The van der Waals surface area contributed by atoms with Crippen LogP contribution in [0, 0.1) is 0 Å². The Bertz CT molecular complexity index is 106. The Morgan fingerprint density at radius 1 is 1.30 bits per heavy atom. The molecule has 0 N–H and O–H groups in total. The van der Waals surface area contributed by atoms with E-state index in [-0.39, 0.29) is 4.87 Å². The lowest BCUT2D eigenvalue weighted by Crippen LogP contribution is -2.17. The van der Waals surface area contributed by atoms with Gasteiger partial charge >= 0.3 is 0 Å². The minimum Gasteiger partial charge on any atom is -0.119 e. The Balaban J connectivity index is 3.92. The maximum atomic E-state index is 6.18. The summed E-state index contributed by atoms with van der Waals surface area (Å²) in [5.41, 5.74) is 0. The molecule has 0 aliphatic carbocycles. The number of alkyl halides is 1. The summed E-state index contributed by atoms with van der Waals surface area (Å²) in [6, 6.07) is 0. The quantitative estimate of drug-likeness (QED) is 0.424. The molecule has 0 nitrogen and oxygen atoms in total. The standard InChI is InChI=1S/C9H15Cl/c1-4-7-9(10,6-3)8-5-2/h4-5H,1-2,6-8H2,3H3. The summed E-state index contributed by atoms with van der Waals surface area (Å²) in [7, 11) is 0. The van der Waals surface area contributed by atoms with Gasteiger partial charge in [-0.1, -0.05) is 19.1 Å². The molecule has 0 aliphatic rings. The highest BCUT2D eigenvalue weighted by Gasteiger charge is 2.20. The average molecular weight is 159 g/mol. The van der Waals surface area contributed by atoms with Crippen LogP contribution in [0.25, 0.3) is 0 Å². The molecule has 0 atom stereocenters. The van der Waals surface area contributed by atoms with E-state index < -0.39 is 0 Å². The predicted molar refractivity (Wildman–Crippen MR) is 48.5 cm³/mol. The third-order valence-electron chi connectivity index (χ3n) is 1.65. The lowest BCUT2D eigenvalue weighted by molar-refractivity contribution is 0.569. The molecule has 0 fully saturated rings. The summed E-state index contributed by atoms with van der Waals surface area (Å²) < 4.78 is 0. The van der Waals surface area contributed by atoms with Gasteiger partial charge in [0.05, 0.1) is 4.87 Å². The molecular formula is C9H15Cl. The van der Waals surface area contributed by atoms with Crippen molar-refractivity contribution in [1.29, 1.82) is 0 Å². The van der Waals surface area contributed by atoms with Crippen LogP contribution in [-0.2, 0) is 0 Å². The van der Waals surface area contributed by atoms with Gasteiger partial charge in [0.2, 0.25) is 0 Å². The summed E-state index contributed by atoms with van der Waals surface area (Å²) in [6.07, 6.45) is 6.40. The molecule has 0 amide bonds.